The van der Waals surface area contributed by atoms with Crippen LogP contribution in [0.25, 0.3) is 0 Å². The third-order valence-corrected chi connectivity index (χ3v) is 3.31. The molecule has 0 bridgehead atoms. The van der Waals surface area contributed by atoms with Crippen LogP contribution in [0.5, 0.6) is 0 Å². The van der Waals surface area contributed by atoms with Crippen LogP contribution in [-0.2, 0) is 0 Å². The Hall–Kier alpha value is -0.120. The molecule has 0 aliphatic carbocycles. The molecule has 0 saturated carbocycles. The van der Waals surface area contributed by atoms with E-state index in [1.54, 1.807) is 0 Å². The Balaban J connectivity index is 2.59. The van der Waals surface area contributed by atoms with Gasteiger partial charge in [-0.25, -0.2) is 0 Å². The Morgan fingerprint density at radius 3 is 2.67 bits per heavy atom. The van der Waals surface area contributed by atoms with E-state index in [4.69, 9.17) is 0 Å². The fraction of sp³-hybridized carbons (Fsp3) is 1.00. The molecule has 1 atom stereocenters. The molecule has 0 radical (unpaired) electrons. The lowest BCUT2D eigenvalue weighted by Crippen LogP contribution is -2.64. The van der Waals surface area contributed by atoms with Crippen molar-refractivity contribution >= 4 is 0 Å². The number of rotatable bonds is 4. The van der Waals surface area contributed by atoms with Crippen molar-refractivity contribution in [2.24, 2.45) is 5.92 Å². The quantitative estimate of drug-likeness (QED) is 0.735. The van der Waals surface area contributed by atoms with Crippen molar-refractivity contribution in [3.63, 3.8) is 0 Å². The number of hydrogen-bond acceptors (Lipinski definition) is 3. The van der Waals surface area contributed by atoms with E-state index < -0.39 is 0 Å². The minimum Gasteiger partial charge on any atom is -0.395 e. The number of aliphatic hydroxyl groups excluding tert-OH is 1. The van der Waals surface area contributed by atoms with E-state index in [1.165, 1.54) is 6.42 Å². The predicted octanol–water partition coefficient (Wildman–Crippen LogP) is 1.08. The Bertz CT molecular complexity index is 192. The maximum absolute atomic E-state index is 9.38. The van der Waals surface area contributed by atoms with Crippen LogP contribution in [-0.4, -0.2) is 47.8 Å². The molecule has 1 aliphatic heterocycles. The van der Waals surface area contributed by atoms with Crippen molar-refractivity contribution in [2.75, 3.05) is 26.2 Å². The average molecular weight is 214 g/mol. The minimum atomic E-state index is 0.167. The van der Waals surface area contributed by atoms with Gasteiger partial charge in [-0.15, -0.1) is 0 Å². The highest BCUT2D eigenvalue weighted by Crippen LogP contribution is 2.21. The molecule has 15 heavy (non-hydrogen) atoms. The van der Waals surface area contributed by atoms with E-state index in [2.05, 4.69) is 37.9 Å². The monoisotopic (exact) mass is 214 g/mol. The van der Waals surface area contributed by atoms with Crippen molar-refractivity contribution in [3.05, 3.63) is 0 Å². The van der Waals surface area contributed by atoms with Gasteiger partial charge in [-0.05, 0) is 32.7 Å². The Morgan fingerprint density at radius 2 is 2.13 bits per heavy atom. The Kier molecular flexibility index (Phi) is 4.56. The lowest BCUT2D eigenvalue weighted by atomic mass is 9.95. The van der Waals surface area contributed by atoms with E-state index in [0.29, 0.717) is 0 Å². The Labute approximate surface area is 93.9 Å². The minimum absolute atomic E-state index is 0.167. The summed E-state index contributed by atoms with van der Waals surface area (Å²) in [5.74, 6) is 0.732. The van der Waals surface area contributed by atoms with Crippen LogP contribution in [0.4, 0.5) is 0 Å². The molecule has 1 fully saturated rings. The van der Waals surface area contributed by atoms with Crippen LogP contribution in [0.3, 0.4) is 0 Å². The zero-order chi connectivity index (χ0) is 11.5. The third kappa shape index (κ3) is 3.44. The van der Waals surface area contributed by atoms with Crippen molar-refractivity contribution in [3.8, 4) is 0 Å². The molecule has 1 heterocycles. The molecule has 2 N–H and O–H groups in total. The largest absolute Gasteiger partial charge is 0.395 e. The van der Waals surface area contributed by atoms with Crippen LogP contribution in [0.1, 0.15) is 34.1 Å². The van der Waals surface area contributed by atoms with Gasteiger partial charge in [-0.2, -0.15) is 0 Å². The van der Waals surface area contributed by atoms with E-state index >= 15 is 0 Å². The number of piperazine rings is 1. The normalized spacial score (nSPS) is 27.2. The standard InChI is InChI=1S/C12H26N2O/c1-10(2)5-6-14-11(8-15)7-13-9-12(14,3)4/h10-11,13,15H,5-9H2,1-4H3. The summed E-state index contributed by atoms with van der Waals surface area (Å²) < 4.78 is 0. The van der Waals surface area contributed by atoms with Gasteiger partial charge in [0.1, 0.15) is 0 Å². The van der Waals surface area contributed by atoms with Crippen LogP contribution in [0.15, 0.2) is 0 Å². The summed E-state index contributed by atoms with van der Waals surface area (Å²) in [6, 6.07) is 0.285. The number of nitrogens with zero attached hydrogens (tertiary/aromatic N) is 1. The van der Waals surface area contributed by atoms with Gasteiger partial charge in [0, 0.05) is 24.7 Å². The number of nitrogens with one attached hydrogen (secondary N) is 1. The molecule has 3 nitrogen and oxygen atoms in total. The first-order valence-electron chi connectivity index (χ1n) is 6.05. The van der Waals surface area contributed by atoms with Gasteiger partial charge in [0.25, 0.3) is 0 Å². The first-order valence-corrected chi connectivity index (χ1v) is 6.05. The fourth-order valence-electron chi connectivity index (χ4n) is 2.30. The molecule has 0 aromatic heterocycles. The fourth-order valence-corrected chi connectivity index (χ4v) is 2.30. The molecule has 1 saturated heterocycles. The van der Waals surface area contributed by atoms with E-state index in [0.717, 1.165) is 25.6 Å². The van der Waals surface area contributed by atoms with Crippen molar-refractivity contribution < 1.29 is 5.11 Å². The van der Waals surface area contributed by atoms with E-state index in [1.807, 2.05) is 0 Å². The lowest BCUT2D eigenvalue weighted by Gasteiger charge is -2.48. The molecule has 0 amide bonds. The molecule has 0 aromatic carbocycles. The van der Waals surface area contributed by atoms with E-state index in [-0.39, 0.29) is 18.2 Å². The van der Waals surface area contributed by atoms with Crippen LogP contribution in [0.2, 0.25) is 0 Å². The molecule has 3 heteroatoms. The summed E-state index contributed by atoms with van der Waals surface area (Å²) in [6.45, 7) is 12.3. The van der Waals surface area contributed by atoms with Gasteiger partial charge < -0.3 is 10.4 Å². The topological polar surface area (TPSA) is 35.5 Å². The second-order valence-electron chi connectivity index (χ2n) is 5.66. The zero-order valence-electron chi connectivity index (χ0n) is 10.6. The highest BCUT2D eigenvalue weighted by atomic mass is 16.3. The van der Waals surface area contributed by atoms with Gasteiger partial charge in [0.05, 0.1) is 6.61 Å². The molecular weight excluding hydrogens is 188 g/mol. The first kappa shape index (κ1) is 12.9. The smallest absolute Gasteiger partial charge is 0.0599 e. The summed E-state index contributed by atoms with van der Waals surface area (Å²) in [4.78, 5) is 2.46. The van der Waals surface area contributed by atoms with Crippen LogP contribution < -0.4 is 5.32 Å². The first-order chi connectivity index (χ1) is 6.97. The average Bonchev–Trinajstić information content (AvgIpc) is 2.14. The van der Waals surface area contributed by atoms with Crippen molar-refractivity contribution in [1.82, 2.24) is 10.2 Å². The van der Waals surface area contributed by atoms with Crippen LogP contribution >= 0.6 is 0 Å². The molecule has 90 valence electrons. The summed E-state index contributed by atoms with van der Waals surface area (Å²) >= 11 is 0. The van der Waals surface area contributed by atoms with Gasteiger partial charge in [0.2, 0.25) is 0 Å². The third-order valence-electron chi connectivity index (χ3n) is 3.31. The molecular formula is C12H26N2O. The summed E-state index contributed by atoms with van der Waals surface area (Å²) in [6.07, 6.45) is 1.21. The molecule has 1 rings (SSSR count). The number of hydrogen-bond donors (Lipinski definition) is 2. The SMILES string of the molecule is CC(C)CCN1C(CO)CNCC1(C)C. The Morgan fingerprint density at radius 1 is 1.47 bits per heavy atom. The lowest BCUT2D eigenvalue weighted by molar-refractivity contribution is 0.00656. The summed E-state index contributed by atoms with van der Waals surface area (Å²) in [7, 11) is 0. The zero-order valence-corrected chi connectivity index (χ0v) is 10.6. The molecule has 0 spiro atoms. The molecule has 1 aliphatic rings. The molecule has 1 unspecified atom stereocenters. The maximum Gasteiger partial charge on any atom is 0.0599 e. The van der Waals surface area contributed by atoms with Gasteiger partial charge in [-0.1, -0.05) is 13.8 Å². The van der Waals surface area contributed by atoms with Gasteiger partial charge in [0.15, 0.2) is 0 Å². The van der Waals surface area contributed by atoms with Crippen molar-refractivity contribution in [2.45, 2.75) is 45.7 Å². The predicted molar refractivity (Wildman–Crippen MR) is 64.0 cm³/mol. The second kappa shape index (κ2) is 5.28. The summed E-state index contributed by atoms with van der Waals surface area (Å²) in [5.41, 5.74) is 0.167. The van der Waals surface area contributed by atoms with E-state index in [9.17, 15) is 5.11 Å². The molecule has 0 aromatic rings. The number of aliphatic hydroxyl groups is 1. The highest BCUT2D eigenvalue weighted by molar-refractivity contribution is 4.93. The van der Waals surface area contributed by atoms with Crippen molar-refractivity contribution in [1.29, 1.82) is 0 Å². The van der Waals surface area contributed by atoms with Gasteiger partial charge >= 0.3 is 0 Å². The second-order valence-corrected chi connectivity index (χ2v) is 5.66. The van der Waals surface area contributed by atoms with Crippen LogP contribution in [0, 0.1) is 5.92 Å². The highest BCUT2D eigenvalue weighted by Gasteiger charge is 2.35. The summed E-state index contributed by atoms with van der Waals surface area (Å²) in [5, 5.41) is 12.8. The maximum atomic E-state index is 9.38. The van der Waals surface area contributed by atoms with Gasteiger partial charge in [-0.3, -0.25) is 4.90 Å².